The Balaban J connectivity index is 1.78. The number of amides is 1. The predicted octanol–water partition coefficient (Wildman–Crippen LogP) is 2.34. The zero-order valence-corrected chi connectivity index (χ0v) is 14.9. The Morgan fingerprint density at radius 3 is 2.65 bits per heavy atom. The van der Waals surface area contributed by atoms with Crippen LogP contribution in [0.1, 0.15) is 5.56 Å². The quantitative estimate of drug-likeness (QED) is 0.613. The van der Waals surface area contributed by atoms with Crippen molar-refractivity contribution in [3.8, 4) is 11.1 Å². The van der Waals surface area contributed by atoms with Gasteiger partial charge in [0.2, 0.25) is 0 Å². The van der Waals surface area contributed by atoms with Crippen LogP contribution in [0.15, 0.2) is 42.5 Å². The van der Waals surface area contributed by atoms with Crippen LogP contribution in [0.2, 0.25) is 0 Å². The van der Waals surface area contributed by atoms with E-state index < -0.39 is 6.09 Å². The normalized spacial score (nSPS) is 17.0. The fraction of sp³-hybridized carbons (Fsp3) is 0.316. The lowest BCUT2D eigenvalue weighted by molar-refractivity contribution is 0.141. The summed E-state index contributed by atoms with van der Waals surface area (Å²) in [5, 5.41) is 4.56. The number of halogens is 1. The molecule has 0 spiro atoms. The first-order valence-electron chi connectivity index (χ1n) is 8.45. The summed E-state index contributed by atoms with van der Waals surface area (Å²) in [4.78, 5) is 13.4. The smallest absolute Gasteiger partial charge is 0.414 e. The summed E-state index contributed by atoms with van der Waals surface area (Å²) in [5.41, 5.74) is 2.80. The molecule has 0 aliphatic carbocycles. The zero-order valence-electron chi connectivity index (χ0n) is 14.9. The number of ether oxygens (including phenoxy) is 1. The number of anilines is 1. The number of nitrogens with zero attached hydrogens (tertiary/aromatic N) is 2. The van der Waals surface area contributed by atoms with E-state index >= 15 is 0 Å². The number of hydrazine groups is 1. The van der Waals surface area contributed by atoms with Crippen LogP contribution in [-0.4, -0.2) is 44.4 Å². The Kier molecular flexibility index (Phi) is 5.51. The average molecular weight is 358 g/mol. The standard InChI is InChI=1S/C19H23FN4O2/c1-22-10-16-12-24(19(25)26-16)15-7-8-17(18(20)9-15)14-5-3-13(4-6-14)11-23(2)21/h3-9,16,22H,10-12,21H2,1-2H3. The third kappa shape index (κ3) is 4.01. The van der Waals surface area contributed by atoms with E-state index in [0.717, 1.165) is 11.1 Å². The third-order valence-electron chi connectivity index (χ3n) is 4.27. The number of hydrogen-bond acceptors (Lipinski definition) is 5. The Labute approximate surface area is 152 Å². The van der Waals surface area contributed by atoms with Crippen molar-refractivity contribution in [2.75, 3.05) is 32.1 Å². The van der Waals surface area contributed by atoms with Crippen LogP contribution in [0.25, 0.3) is 11.1 Å². The molecule has 6 nitrogen and oxygen atoms in total. The largest absolute Gasteiger partial charge is 0.443 e. The molecule has 1 amide bonds. The number of carbonyl (C=O) groups is 1. The minimum Gasteiger partial charge on any atom is -0.443 e. The van der Waals surface area contributed by atoms with Crippen molar-refractivity contribution in [3.63, 3.8) is 0 Å². The van der Waals surface area contributed by atoms with Crippen molar-refractivity contribution in [1.82, 2.24) is 10.3 Å². The Bertz CT molecular complexity index is 780. The molecule has 3 rings (SSSR count). The number of hydrogen-bond donors (Lipinski definition) is 2. The Hall–Kier alpha value is -2.48. The SMILES string of the molecule is CNCC1CN(c2ccc(-c3ccc(CN(C)N)cc3)c(F)c2)C(=O)O1. The van der Waals surface area contributed by atoms with Crippen molar-refractivity contribution in [2.45, 2.75) is 12.6 Å². The van der Waals surface area contributed by atoms with Crippen molar-refractivity contribution in [3.05, 3.63) is 53.8 Å². The van der Waals surface area contributed by atoms with E-state index in [1.807, 2.05) is 24.3 Å². The van der Waals surface area contributed by atoms with Gasteiger partial charge in [0.25, 0.3) is 0 Å². The second-order valence-electron chi connectivity index (χ2n) is 6.45. The van der Waals surface area contributed by atoms with Crippen LogP contribution in [0, 0.1) is 5.82 Å². The molecule has 1 fully saturated rings. The number of nitrogens with one attached hydrogen (secondary N) is 1. The molecule has 26 heavy (non-hydrogen) atoms. The van der Waals surface area contributed by atoms with Gasteiger partial charge in [0.15, 0.2) is 0 Å². The molecule has 0 aromatic heterocycles. The van der Waals surface area contributed by atoms with E-state index in [4.69, 9.17) is 10.6 Å². The molecule has 1 heterocycles. The van der Waals surface area contributed by atoms with Crippen molar-refractivity contribution < 1.29 is 13.9 Å². The predicted molar refractivity (Wildman–Crippen MR) is 99.0 cm³/mol. The highest BCUT2D eigenvalue weighted by Crippen LogP contribution is 2.29. The fourth-order valence-electron chi connectivity index (χ4n) is 3.05. The minimum absolute atomic E-state index is 0.233. The number of likely N-dealkylation sites (N-methyl/N-ethyl adjacent to an activating group) is 1. The molecule has 2 aromatic rings. The van der Waals surface area contributed by atoms with E-state index in [-0.39, 0.29) is 11.9 Å². The van der Waals surface area contributed by atoms with Gasteiger partial charge in [-0.25, -0.2) is 14.2 Å². The van der Waals surface area contributed by atoms with Gasteiger partial charge in [-0.3, -0.25) is 10.7 Å². The zero-order chi connectivity index (χ0) is 18.7. The summed E-state index contributed by atoms with van der Waals surface area (Å²) in [5.74, 6) is 5.26. The molecule has 1 saturated heterocycles. The summed E-state index contributed by atoms with van der Waals surface area (Å²) in [6.45, 7) is 1.58. The molecular weight excluding hydrogens is 335 g/mol. The Morgan fingerprint density at radius 2 is 2.04 bits per heavy atom. The first-order chi connectivity index (χ1) is 12.5. The van der Waals surface area contributed by atoms with Gasteiger partial charge in [-0.05, 0) is 36.4 Å². The van der Waals surface area contributed by atoms with Crippen LogP contribution in [0.4, 0.5) is 14.9 Å². The monoisotopic (exact) mass is 358 g/mol. The molecular formula is C19H23FN4O2. The summed E-state index contributed by atoms with van der Waals surface area (Å²) >= 11 is 0. The maximum absolute atomic E-state index is 14.7. The van der Waals surface area contributed by atoms with Crippen molar-refractivity contribution in [1.29, 1.82) is 0 Å². The number of nitrogens with two attached hydrogens (primary N) is 1. The van der Waals surface area contributed by atoms with Gasteiger partial charge in [0.1, 0.15) is 11.9 Å². The molecule has 0 bridgehead atoms. The second-order valence-corrected chi connectivity index (χ2v) is 6.45. The second kappa shape index (κ2) is 7.82. The van der Waals surface area contributed by atoms with Gasteiger partial charge in [-0.2, -0.15) is 0 Å². The molecule has 138 valence electrons. The lowest BCUT2D eigenvalue weighted by atomic mass is 10.0. The molecule has 1 aliphatic rings. The van der Waals surface area contributed by atoms with Gasteiger partial charge in [-0.1, -0.05) is 24.3 Å². The topological polar surface area (TPSA) is 70.8 Å². The van der Waals surface area contributed by atoms with Gasteiger partial charge < -0.3 is 10.1 Å². The average Bonchev–Trinajstić information content (AvgIpc) is 2.96. The number of benzene rings is 2. The molecule has 0 radical (unpaired) electrons. The van der Waals surface area contributed by atoms with E-state index in [2.05, 4.69) is 5.32 Å². The van der Waals surface area contributed by atoms with E-state index in [9.17, 15) is 9.18 Å². The number of carbonyl (C=O) groups excluding carboxylic acids is 1. The molecule has 1 aliphatic heterocycles. The van der Waals surface area contributed by atoms with Gasteiger partial charge in [-0.15, -0.1) is 0 Å². The molecule has 0 saturated carbocycles. The lowest BCUT2D eigenvalue weighted by Gasteiger charge is -2.15. The maximum atomic E-state index is 14.7. The molecule has 1 unspecified atom stereocenters. The van der Waals surface area contributed by atoms with Gasteiger partial charge in [0, 0.05) is 25.7 Å². The highest BCUT2D eigenvalue weighted by atomic mass is 19.1. The number of cyclic esters (lactones) is 1. The molecule has 2 aromatic carbocycles. The third-order valence-corrected chi connectivity index (χ3v) is 4.27. The van der Waals surface area contributed by atoms with E-state index in [1.165, 1.54) is 11.0 Å². The summed E-state index contributed by atoms with van der Waals surface area (Å²) in [6, 6.07) is 12.4. The fourth-order valence-corrected chi connectivity index (χ4v) is 3.05. The molecule has 7 heteroatoms. The van der Waals surface area contributed by atoms with Gasteiger partial charge in [0.05, 0.1) is 12.2 Å². The van der Waals surface area contributed by atoms with Crippen molar-refractivity contribution >= 4 is 11.8 Å². The van der Waals surface area contributed by atoms with Crippen LogP contribution in [0.3, 0.4) is 0 Å². The molecule has 1 atom stereocenters. The lowest BCUT2D eigenvalue weighted by Crippen LogP contribution is -2.29. The van der Waals surface area contributed by atoms with E-state index in [1.54, 1.807) is 31.2 Å². The van der Waals surface area contributed by atoms with E-state index in [0.29, 0.717) is 30.9 Å². The summed E-state index contributed by atoms with van der Waals surface area (Å²) in [6.07, 6.45) is -0.684. The summed E-state index contributed by atoms with van der Waals surface area (Å²) < 4.78 is 19.9. The summed E-state index contributed by atoms with van der Waals surface area (Å²) in [7, 11) is 3.58. The highest BCUT2D eigenvalue weighted by molar-refractivity contribution is 5.90. The van der Waals surface area contributed by atoms with Crippen molar-refractivity contribution in [2.24, 2.45) is 5.84 Å². The minimum atomic E-state index is -0.451. The first kappa shape index (κ1) is 18.3. The number of rotatable bonds is 6. The van der Waals surface area contributed by atoms with Gasteiger partial charge >= 0.3 is 6.09 Å². The van der Waals surface area contributed by atoms with Crippen LogP contribution in [0.5, 0.6) is 0 Å². The first-order valence-corrected chi connectivity index (χ1v) is 8.45. The Morgan fingerprint density at radius 1 is 1.31 bits per heavy atom. The highest BCUT2D eigenvalue weighted by Gasteiger charge is 2.32. The molecule has 3 N–H and O–H groups in total. The van der Waals surface area contributed by atoms with Crippen LogP contribution >= 0.6 is 0 Å². The van der Waals surface area contributed by atoms with Crippen LogP contribution < -0.4 is 16.1 Å². The van der Waals surface area contributed by atoms with Crippen LogP contribution in [-0.2, 0) is 11.3 Å². The maximum Gasteiger partial charge on any atom is 0.414 e.